The van der Waals surface area contributed by atoms with E-state index in [-0.39, 0.29) is 12.5 Å². The number of hydrogen-bond donors (Lipinski definition) is 3. The molecule has 3 aromatic heterocycles. The first-order valence-electron chi connectivity index (χ1n) is 13.4. The van der Waals surface area contributed by atoms with Crippen LogP contribution >= 0.6 is 11.3 Å². The zero-order valence-electron chi connectivity index (χ0n) is 25.0. The lowest BCUT2D eigenvalue weighted by Gasteiger charge is -2.19. The molecule has 0 spiro atoms. The largest absolute Gasteiger partial charge is 0.462 e. The molecule has 3 N–H and O–H groups in total. The van der Waals surface area contributed by atoms with Gasteiger partial charge in [0.15, 0.2) is 0 Å². The second-order valence-electron chi connectivity index (χ2n) is 10.7. The van der Waals surface area contributed by atoms with Gasteiger partial charge in [0.25, 0.3) is 11.8 Å². The summed E-state index contributed by atoms with van der Waals surface area (Å²) in [6.07, 6.45) is 2.60. The van der Waals surface area contributed by atoms with Crippen LogP contribution in [0.4, 0.5) is 21.9 Å². The van der Waals surface area contributed by atoms with Gasteiger partial charge in [0.2, 0.25) is 0 Å². The first-order valence-corrected chi connectivity index (χ1v) is 14.3. The third-order valence-electron chi connectivity index (χ3n) is 6.03. The molecule has 3 amide bonds. The molecule has 3 heterocycles. The van der Waals surface area contributed by atoms with Crippen LogP contribution in [-0.4, -0.2) is 50.2 Å². The Morgan fingerprint density at radius 3 is 1.93 bits per heavy atom. The van der Waals surface area contributed by atoms with Crippen molar-refractivity contribution in [2.45, 2.75) is 40.2 Å². The average Bonchev–Trinajstić information content (AvgIpc) is 3.59. The normalized spacial score (nSPS) is 11.1. The van der Waals surface area contributed by atoms with Gasteiger partial charge in [0.1, 0.15) is 26.9 Å². The Morgan fingerprint density at radius 2 is 1.40 bits per heavy atom. The van der Waals surface area contributed by atoms with E-state index in [2.05, 4.69) is 20.9 Å². The predicted octanol–water partition coefficient (Wildman–Crippen LogP) is 5.82. The summed E-state index contributed by atoms with van der Waals surface area (Å²) in [5.41, 5.74) is 2.77. The molecule has 0 bridgehead atoms. The smallest absolute Gasteiger partial charge is 0.412 e. The van der Waals surface area contributed by atoms with E-state index < -0.39 is 23.6 Å². The minimum atomic E-state index is -0.655. The first kappa shape index (κ1) is 31.0. The van der Waals surface area contributed by atoms with E-state index in [0.29, 0.717) is 44.0 Å². The van der Waals surface area contributed by atoms with Crippen LogP contribution in [0.25, 0.3) is 10.6 Å². The van der Waals surface area contributed by atoms with Crippen LogP contribution < -0.4 is 16.0 Å². The van der Waals surface area contributed by atoms with Crippen molar-refractivity contribution in [3.63, 3.8) is 0 Å². The molecule has 0 aliphatic heterocycles. The summed E-state index contributed by atoms with van der Waals surface area (Å²) >= 11 is 1.26. The summed E-state index contributed by atoms with van der Waals surface area (Å²) in [5, 5.41) is 8.93. The third-order valence-corrected chi connectivity index (χ3v) is 7.21. The number of benzene rings is 1. The molecule has 0 radical (unpaired) electrons. The molecule has 0 atom stereocenters. The van der Waals surface area contributed by atoms with Crippen molar-refractivity contribution < 1.29 is 28.7 Å². The Labute approximate surface area is 253 Å². The maximum absolute atomic E-state index is 13.0. The summed E-state index contributed by atoms with van der Waals surface area (Å²) in [4.78, 5) is 55.2. The number of carbonyl (C=O) groups is 4. The van der Waals surface area contributed by atoms with Crippen LogP contribution in [0.2, 0.25) is 0 Å². The molecule has 0 aliphatic carbocycles. The molecule has 13 heteroatoms. The molecule has 12 nitrogen and oxygen atoms in total. The minimum Gasteiger partial charge on any atom is -0.462 e. The summed E-state index contributed by atoms with van der Waals surface area (Å²) in [6.45, 7) is 9.08. The Hall–Kier alpha value is -4.91. The highest BCUT2D eigenvalue weighted by molar-refractivity contribution is 7.17. The van der Waals surface area contributed by atoms with Crippen LogP contribution in [0.15, 0.2) is 48.8 Å². The van der Waals surface area contributed by atoms with Crippen LogP contribution in [0.1, 0.15) is 64.0 Å². The molecule has 0 aliphatic rings. The van der Waals surface area contributed by atoms with Gasteiger partial charge in [-0.05, 0) is 71.0 Å². The van der Waals surface area contributed by atoms with E-state index in [4.69, 9.17) is 9.47 Å². The second kappa shape index (κ2) is 12.5. The van der Waals surface area contributed by atoms with Gasteiger partial charge >= 0.3 is 12.1 Å². The van der Waals surface area contributed by atoms with Gasteiger partial charge in [0.05, 0.1) is 23.7 Å². The molecular formula is C30H34N6O6S. The van der Waals surface area contributed by atoms with Gasteiger partial charge in [-0.2, -0.15) is 0 Å². The number of nitrogens with one attached hydrogen (secondary N) is 3. The molecule has 0 saturated carbocycles. The number of nitrogens with zero attached hydrogens (tertiary/aromatic N) is 3. The molecule has 0 saturated heterocycles. The maximum Gasteiger partial charge on any atom is 0.412 e. The Kier molecular flexibility index (Phi) is 9.04. The molecule has 1 aromatic carbocycles. The SMILES string of the molecule is CCOC(=O)c1sc(-c2ccc(NC(=O)c3cc(NC(=O)c4cc(NC(=O)OC(C)(C)C)cn4C)cn3C)cc2)nc1C. The van der Waals surface area contributed by atoms with Crippen LogP contribution in [0.5, 0.6) is 0 Å². The predicted molar refractivity (Wildman–Crippen MR) is 165 cm³/mol. The number of aromatic nitrogens is 3. The summed E-state index contributed by atoms with van der Waals surface area (Å²) in [7, 11) is 3.38. The van der Waals surface area contributed by atoms with Crippen LogP contribution in [0, 0.1) is 6.92 Å². The Balaban J connectivity index is 1.39. The monoisotopic (exact) mass is 606 g/mol. The second-order valence-corrected chi connectivity index (χ2v) is 11.7. The number of anilines is 3. The van der Waals surface area contributed by atoms with Crippen molar-refractivity contribution in [2.24, 2.45) is 14.1 Å². The molecule has 0 unspecified atom stereocenters. The van der Waals surface area contributed by atoms with Gasteiger partial charge in [-0.25, -0.2) is 14.6 Å². The van der Waals surface area contributed by atoms with Gasteiger partial charge < -0.3 is 29.2 Å². The van der Waals surface area contributed by atoms with Crippen molar-refractivity contribution in [1.82, 2.24) is 14.1 Å². The number of carbonyl (C=O) groups excluding carboxylic acids is 4. The van der Waals surface area contributed by atoms with Crippen molar-refractivity contribution in [3.05, 3.63) is 70.8 Å². The topological polar surface area (TPSA) is 146 Å². The standard InChI is InChI=1S/C30H34N6O6S/c1-8-41-28(39)24-17(2)31-27(43-24)18-9-11-19(12-10-18)32-25(37)22-13-20(15-35(22)6)33-26(38)23-14-21(16-36(23)7)34-29(40)42-30(3,4)5/h9-16H,8H2,1-7H3,(H,32,37)(H,33,38)(H,34,40). The fourth-order valence-corrected chi connectivity index (χ4v) is 5.10. The van der Waals surface area contributed by atoms with Gasteiger partial charge in [-0.3, -0.25) is 14.9 Å². The molecule has 4 aromatic rings. The molecular weight excluding hydrogens is 572 g/mol. The number of amides is 3. The zero-order chi connectivity index (χ0) is 31.5. The summed E-state index contributed by atoms with van der Waals surface area (Å²) in [5.74, 6) is -1.18. The number of hydrogen-bond acceptors (Lipinski definition) is 8. The molecule has 43 heavy (non-hydrogen) atoms. The van der Waals surface area contributed by atoms with Crippen molar-refractivity contribution >= 4 is 52.3 Å². The Bertz CT molecular complexity index is 1680. The molecule has 4 rings (SSSR count). The number of thiazole rings is 1. The van der Waals surface area contributed by atoms with E-state index >= 15 is 0 Å². The number of ether oxygens (including phenoxy) is 2. The van der Waals surface area contributed by atoms with E-state index in [9.17, 15) is 19.2 Å². The fourth-order valence-electron chi connectivity index (χ4n) is 4.13. The van der Waals surface area contributed by atoms with Gasteiger partial charge in [-0.1, -0.05) is 0 Å². The van der Waals surface area contributed by atoms with E-state index in [1.165, 1.54) is 17.4 Å². The van der Waals surface area contributed by atoms with E-state index in [1.807, 2.05) is 12.1 Å². The summed E-state index contributed by atoms with van der Waals surface area (Å²) in [6, 6.07) is 10.2. The minimum absolute atomic E-state index is 0.289. The van der Waals surface area contributed by atoms with Crippen LogP contribution in [-0.2, 0) is 23.6 Å². The van der Waals surface area contributed by atoms with Crippen molar-refractivity contribution in [1.29, 1.82) is 0 Å². The average molecular weight is 607 g/mol. The quantitative estimate of drug-likeness (QED) is 0.214. The lowest BCUT2D eigenvalue weighted by molar-refractivity contribution is 0.0529. The zero-order valence-corrected chi connectivity index (χ0v) is 25.8. The summed E-state index contributed by atoms with van der Waals surface area (Å²) < 4.78 is 13.5. The molecule has 226 valence electrons. The van der Waals surface area contributed by atoms with E-state index in [1.54, 1.807) is 88.4 Å². The van der Waals surface area contributed by atoms with Gasteiger partial charge in [-0.15, -0.1) is 11.3 Å². The van der Waals surface area contributed by atoms with Crippen LogP contribution in [0.3, 0.4) is 0 Å². The van der Waals surface area contributed by atoms with Crippen molar-refractivity contribution in [2.75, 3.05) is 22.6 Å². The highest BCUT2D eigenvalue weighted by Gasteiger charge is 2.20. The number of aryl methyl sites for hydroxylation is 3. The number of esters is 1. The highest BCUT2D eigenvalue weighted by atomic mass is 32.1. The lowest BCUT2D eigenvalue weighted by Crippen LogP contribution is -2.27. The van der Waals surface area contributed by atoms with Gasteiger partial charge in [0, 0.05) is 37.7 Å². The van der Waals surface area contributed by atoms with Crippen molar-refractivity contribution in [3.8, 4) is 10.6 Å². The maximum atomic E-state index is 13.0. The van der Waals surface area contributed by atoms with E-state index in [0.717, 1.165) is 5.56 Å². The fraction of sp³-hybridized carbons (Fsp3) is 0.300. The first-order chi connectivity index (χ1) is 20.2. The Morgan fingerprint density at radius 1 is 0.860 bits per heavy atom. The molecule has 0 fully saturated rings. The third kappa shape index (κ3) is 7.68. The number of rotatable bonds is 8. The highest BCUT2D eigenvalue weighted by Crippen LogP contribution is 2.29. The lowest BCUT2D eigenvalue weighted by atomic mass is 10.2.